The minimum absolute atomic E-state index is 0.200. The predicted octanol–water partition coefficient (Wildman–Crippen LogP) is 6.87. The van der Waals surface area contributed by atoms with Crippen LogP contribution >= 0.6 is 0 Å². The highest BCUT2D eigenvalue weighted by molar-refractivity contribution is 6.77. The Hall–Kier alpha value is -1.69. The summed E-state index contributed by atoms with van der Waals surface area (Å²) in [6.45, 7) is 15.5. The number of carbonyl (C=O) groups excluding carboxylic acids is 1. The molecule has 0 unspecified atom stereocenters. The van der Waals surface area contributed by atoms with Crippen molar-refractivity contribution in [3.63, 3.8) is 0 Å². The molecule has 0 N–H and O–H groups in total. The van der Waals surface area contributed by atoms with Crippen LogP contribution in [-0.4, -0.2) is 34.4 Å². The summed E-state index contributed by atoms with van der Waals surface area (Å²) in [5, 5.41) is 0. The highest BCUT2D eigenvalue weighted by atomic mass is 28.4. The Balaban J connectivity index is 2.11. The summed E-state index contributed by atoms with van der Waals surface area (Å²) in [4.78, 5) is 12.1. The fraction of sp³-hybridized carbons (Fsp3) is 0.593. The predicted molar refractivity (Wildman–Crippen MR) is 135 cm³/mol. The number of allylic oxidation sites excluding steroid dienone is 2. The van der Waals surface area contributed by atoms with E-state index in [9.17, 15) is 4.79 Å². The first-order valence-electron chi connectivity index (χ1n) is 11.9. The first-order chi connectivity index (χ1) is 15.2. The van der Waals surface area contributed by atoms with Crippen LogP contribution in [0.3, 0.4) is 0 Å². The summed E-state index contributed by atoms with van der Waals surface area (Å²) in [7, 11) is -0.309. The molecule has 0 spiro atoms. The number of methoxy groups -OCH3 is 1. The molecule has 5 heteroatoms. The molecule has 0 aromatic heterocycles. The standard InChI is InChI=1S/C27H42O4Si/c1-20(2)32(21(3)4,22(5)6)31-19-25(24-9-8-10-26(28)17-24)15-16-30-18-23-11-13-27(29-7)14-12-23/h8,10-15,20-22,24H,9,16-19H2,1-7H3/b25-15-/t24-/m1/s1. The van der Waals surface area contributed by atoms with Gasteiger partial charge in [-0.05, 0) is 58.3 Å². The van der Waals surface area contributed by atoms with E-state index in [2.05, 4.69) is 47.6 Å². The number of ether oxygens (including phenoxy) is 2. The van der Waals surface area contributed by atoms with Gasteiger partial charge in [0.05, 0.1) is 26.9 Å². The molecule has 1 aliphatic carbocycles. The maximum Gasteiger partial charge on any atom is 0.200 e. The van der Waals surface area contributed by atoms with Crippen LogP contribution in [0.15, 0.2) is 48.1 Å². The lowest BCUT2D eigenvalue weighted by Gasteiger charge is -2.42. The first-order valence-corrected chi connectivity index (χ1v) is 14.1. The van der Waals surface area contributed by atoms with Crippen molar-refractivity contribution in [2.45, 2.75) is 77.6 Å². The van der Waals surface area contributed by atoms with Gasteiger partial charge in [0.1, 0.15) is 5.75 Å². The van der Waals surface area contributed by atoms with E-state index in [1.165, 1.54) is 5.57 Å². The lowest BCUT2D eigenvalue weighted by Crippen LogP contribution is -2.48. The maximum atomic E-state index is 12.1. The van der Waals surface area contributed by atoms with Crippen molar-refractivity contribution in [1.82, 2.24) is 0 Å². The molecule has 0 aliphatic heterocycles. The first kappa shape index (κ1) is 26.6. The van der Waals surface area contributed by atoms with Gasteiger partial charge in [0, 0.05) is 6.42 Å². The third-order valence-corrected chi connectivity index (χ3v) is 12.8. The van der Waals surface area contributed by atoms with Crippen molar-refractivity contribution in [2.24, 2.45) is 5.92 Å². The smallest absolute Gasteiger partial charge is 0.200 e. The number of hydrogen-bond acceptors (Lipinski definition) is 4. The van der Waals surface area contributed by atoms with Crippen LogP contribution in [-0.2, 0) is 20.6 Å². The lowest BCUT2D eigenvalue weighted by atomic mass is 9.87. The second-order valence-corrected chi connectivity index (χ2v) is 15.2. The van der Waals surface area contributed by atoms with Crippen LogP contribution in [0.5, 0.6) is 5.75 Å². The SMILES string of the molecule is COc1ccc(COC/C=C(/CO[Si](C(C)C)(C(C)C)C(C)C)[C@@H]2CC=CC(=O)C2)cc1. The summed E-state index contributed by atoms with van der Waals surface area (Å²) < 4.78 is 18.0. The quantitative estimate of drug-likeness (QED) is 0.195. The Morgan fingerprint density at radius 1 is 1.06 bits per heavy atom. The van der Waals surface area contributed by atoms with E-state index in [0.717, 1.165) is 17.7 Å². The van der Waals surface area contributed by atoms with E-state index in [-0.39, 0.29) is 11.7 Å². The number of benzene rings is 1. The molecule has 0 saturated heterocycles. The van der Waals surface area contributed by atoms with Crippen LogP contribution < -0.4 is 4.74 Å². The van der Waals surface area contributed by atoms with Crippen LogP contribution in [0.4, 0.5) is 0 Å². The van der Waals surface area contributed by atoms with Crippen molar-refractivity contribution in [2.75, 3.05) is 20.3 Å². The Labute approximate surface area is 196 Å². The molecular formula is C27H42O4Si. The van der Waals surface area contributed by atoms with Crippen LogP contribution in [0.25, 0.3) is 0 Å². The van der Waals surface area contributed by atoms with Gasteiger partial charge in [0.25, 0.3) is 0 Å². The van der Waals surface area contributed by atoms with Crippen molar-refractivity contribution in [3.8, 4) is 5.75 Å². The van der Waals surface area contributed by atoms with Crippen LogP contribution in [0.1, 0.15) is 59.9 Å². The average Bonchev–Trinajstić information content (AvgIpc) is 2.75. The molecule has 0 heterocycles. The molecule has 0 saturated carbocycles. The van der Waals surface area contributed by atoms with E-state index < -0.39 is 8.32 Å². The maximum absolute atomic E-state index is 12.1. The zero-order valence-corrected chi connectivity index (χ0v) is 22.0. The minimum atomic E-state index is -1.98. The van der Waals surface area contributed by atoms with Gasteiger partial charge in [0.2, 0.25) is 8.32 Å². The van der Waals surface area contributed by atoms with Gasteiger partial charge in [-0.2, -0.15) is 0 Å². The topological polar surface area (TPSA) is 44.8 Å². The number of hydrogen-bond donors (Lipinski definition) is 0. The second-order valence-electron chi connectivity index (χ2n) is 9.75. The lowest BCUT2D eigenvalue weighted by molar-refractivity contribution is -0.115. The summed E-state index contributed by atoms with van der Waals surface area (Å²) in [6.07, 6.45) is 7.31. The summed E-state index contributed by atoms with van der Waals surface area (Å²) in [5.74, 6) is 1.25. The second kappa shape index (κ2) is 12.5. The van der Waals surface area contributed by atoms with E-state index >= 15 is 0 Å². The van der Waals surface area contributed by atoms with Gasteiger partial charge < -0.3 is 13.9 Å². The molecule has 0 fully saturated rings. The summed E-state index contributed by atoms with van der Waals surface area (Å²) >= 11 is 0. The molecule has 178 valence electrons. The van der Waals surface area contributed by atoms with Crippen molar-refractivity contribution in [3.05, 3.63) is 53.6 Å². The molecule has 1 aromatic carbocycles. The fourth-order valence-electron chi connectivity index (χ4n) is 5.16. The van der Waals surface area contributed by atoms with Crippen molar-refractivity contribution >= 4 is 14.1 Å². The van der Waals surface area contributed by atoms with E-state index in [4.69, 9.17) is 13.9 Å². The monoisotopic (exact) mass is 458 g/mol. The molecular weight excluding hydrogens is 416 g/mol. The van der Waals surface area contributed by atoms with Gasteiger partial charge in [-0.15, -0.1) is 0 Å². The number of ketones is 1. The van der Waals surface area contributed by atoms with Gasteiger partial charge >= 0.3 is 0 Å². The van der Waals surface area contributed by atoms with Crippen LogP contribution in [0, 0.1) is 5.92 Å². The number of carbonyl (C=O) groups is 1. The Morgan fingerprint density at radius 2 is 1.69 bits per heavy atom. The molecule has 0 bridgehead atoms. The molecule has 0 amide bonds. The molecule has 32 heavy (non-hydrogen) atoms. The van der Waals surface area contributed by atoms with Gasteiger partial charge in [-0.1, -0.05) is 65.8 Å². The van der Waals surface area contributed by atoms with Gasteiger partial charge in [-0.3, -0.25) is 4.79 Å². The Morgan fingerprint density at radius 3 is 2.22 bits per heavy atom. The third-order valence-electron chi connectivity index (χ3n) is 6.78. The average molecular weight is 459 g/mol. The van der Waals surface area contributed by atoms with E-state index in [1.54, 1.807) is 13.2 Å². The molecule has 1 aromatic rings. The highest BCUT2D eigenvalue weighted by Gasteiger charge is 2.45. The normalized spacial score (nSPS) is 17.6. The van der Waals surface area contributed by atoms with Gasteiger partial charge in [0.15, 0.2) is 5.78 Å². The molecule has 0 radical (unpaired) electrons. The molecule has 4 nitrogen and oxygen atoms in total. The third kappa shape index (κ3) is 6.90. The fourth-order valence-corrected chi connectivity index (χ4v) is 10.6. The molecule has 1 atom stereocenters. The number of rotatable bonds is 12. The van der Waals surface area contributed by atoms with Crippen molar-refractivity contribution in [1.29, 1.82) is 0 Å². The van der Waals surface area contributed by atoms with Crippen LogP contribution in [0.2, 0.25) is 16.6 Å². The van der Waals surface area contributed by atoms with E-state index in [1.807, 2.05) is 30.3 Å². The highest BCUT2D eigenvalue weighted by Crippen LogP contribution is 2.43. The minimum Gasteiger partial charge on any atom is -0.497 e. The summed E-state index contributed by atoms with van der Waals surface area (Å²) in [5.41, 5.74) is 3.91. The van der Waals surface area contributed by atoms with Gasteiger partial charge in [-0.25, -0.2) is 0 Å². The Kier molecular flexibility index (Phi) is 10.4. The zero-order chi connectivity index (χ0) is 23.7. The zero-order valence-electron chi connectivity index (χ0n) is 21.0. The largest absolute Gasteiger partial charge is 0.497 e. The summed E-state index contributed by atoms with van der Waals surface area (Å²) in [6, 6.07) is 7.93. The molecule has 2 rings (SSSR count). The van der Waals surface area contributed by atoms with Crippen molar-refractivity contribution < 1.29 is 18.7 Å². The van der Waals surface area contributed by atoms with E-state index in [0.29, 0.717) is 42.9 Å². The Bertz CT molecular complexity index is 756. The molecule has 1 aliphatic rings.